The first-order valence-corrected chi connectivity index (χ1v) is 15.7. The van der Waals surface area contributed by atoms with Gasteiger partial charge >= 0.3 is 0 Å². The molecule has 220 valence electrons. The van der Waals surface area contributed by atoms with Crippen molar-refractivity contribution in [2.75, 3.05) is 0 Å². The lowest BCUT2D eigenvalue weighted by molar-refractivity contribution is 0.669. The molecule has 0 amide bonds. The molecule has 4 nitrogen and oxygen atoms in total. The van der Waals surface area contributed by atoms with Gasteiger partial charge in [0.05, 0.1) is 0 Å². The van der Waals surface area contributed by atoms with E-state index < -0.39 is 0 Å². The molecule has 47 heavy (non-hydrogen) atoms. The average molecular weight is 602 g/mol. The summed E-state index contributed by atoms with van der Waals surface area (Å²) in [6.45, 7) is 0. The predicted molar refractivity (Wildman–Crippen MR) is 192 cm³/mol. The van der Waals surface area contributed by atoms with Gasteiger partial charge in [-0.2, -0.15) is 0 Å². The smallest absolute Gasteiger partial charge is 0.164 e. The maximum absolute atomic E-state index is 6.20. The summed E-state index contributed by atoms with van der Waals surface area (Å²) >= 11 is 0. The third-order valence-electron chi connectivity index (χ3n) is 8.71. The van der Waals surface area contributed by atoms with Crippen LogP contribution in [0.25, 0.3) is 89.1 Å². The molecule has 0 aliphatic carbocycles. The van der Waals surface area contributed by atoms with Crippen molar-refractivity contribution < 1.29 is 4.42 Å². The van der Waals surface area contributed by atoms with Crippen molar-refractivity contribution >= 4 is 32.7 Å². The number of hydrogen-bond acceptors (Lipinski definition) is 4. The Bertz CT molecular complexity index is 2590. The molecular weight excluding hydrogens is 574 g/mol. The molecule has 2 aromatic heterocycles. The number of para-hydroxylation sites is 1. The summed E-state index contributed by atoms with van der Waals surface area (Å²) in [4.78, 5) is 15.2. The fraction of sp³-hybridized carbons (Fsp3) is 0. The summed E-state index contributed by atoms with van der Waals surface area (Å²) in [6.07, 6.45) is 0. The first kappa shape index (κ1) is 27.0. The average Bonchev–Trinajstić information content (AvgIpc) is 3.54. The van der Waals surface area contributed by atoms with E-state index >= 15 is 0 Å². The van der Waals surface area contributed by atoms with Crippen LogP contribution in [0.4, 0.5) is 0 Å². The Hall–Kier alpha value is -6.39. The van der Waals surface area contributed by atoms with Crippen LogP contribution in [0, 0.1) is 0 Å². The van der Waals surface area contributed by atoms with Crippen molar-refractivity contribution in [2.24, 2.45) is 0 Å². The van der Waals surface area contributed by atoms with Crippen LogP contribution in [-0.2, 0) is 0 Å². The standard InChI is InChI=1S/C43H27N3O/c1-2-11-28(12-3-1)31-15-8-17-33(25-31)41-44-42(46-43(45-41)35-24-23-29-13-4-5-14-30(29)26-35)34-18-9-16-32(27-34)36-20-10-22-39-40(36)37-19-6-7-21-38(37)47-39/h1-27H. The molecule has 0 radical (unpaired) electrons. The third kappa shape index (κ3) is 4.93. The van der Waals surface area contributed by atoms with Crippen molar-refractivity contribution in [3.63, 3.8) is 0 Å². The monoisotopic (exact) mass is 601 g/mol. The summed E-state index contributed by atoms with van der Waals surface area (Å²) in [5, 5.41) is 4.52. The highest BCUT2D eigenvalue weighted by Crippen LogP contribution is 2.38. The Morgan fingerprint density at radius 3 is 1.68 bits per heavy atom. The molecule has 0 saturated carbocycles. The fourth-order valence-corrected chi connectivity index (χ4v) is 6.40. The molecule has 0 saturated heterocycles. The topological polar surface area (TPSA) is 51.8 Å². The van der Waals surface area contributed by atoms with Crippen molar-refractivity contribution in [1.82, 2.24) is 15.0 Å². The number of furan rings is 1. The number of nitrogens with zero attached hydrogens (tertiary/aromatic N) is 3. The normalized spacial score (nSPS) is 11.4. The Kier molecular flexibility index (Phi) is 6.43. The van der Waals surface area contributed by atoms with Crippen LogP contribution >= 0.6 is 0 Å². The van der Waals surface area contributed by atoms with Crippen LogP contribution in [0.15, 0.2) is 168 Å². The van der Waals surface area contributed by atoms with E-state index in [1.807, 2.05) is 30.3 Å². The molecule has 0 fully saturated rings. The lowest BCUT2D eigenvalue weighted by Gasteiger charge is -2.11. The van der Waals surface area contributed by atoms with Crippen LogP contribution in [0.1, 0.15) is 0 Å². The number of rotatable bonds is 5. The molecular formula is C43H27N3O. The highest BCUT2D eigenvalue weighted by Gasteiger charge is 2.16. The molecule has 4 heteroatoms. The summed E-state index contributed by atoms with van der Waals surface area (Å²) in [6, 6.07) is 56.4. The zero-order valence-electron chi connectivity index (χ0n) is 25.3. The second kappa shape index (κ2) is 11.2. The van der Waals surface area contributed by atoms with Gasteiger partial charge in [-0.05, 0) is 63.4 Å². The molecule has 0 atom stereocenters. The van der Waals surface area contributed by atoms with E-state index in [9.17, 15) is 0 Å². The van der Waals surface area contributed by atoms with Gasteiger partial charge in [0, 0.05) is 27.5 Å². The van der Waals surface area contributed by atoms with E-state index in [1.165, 1.54) is 5.39 Å². The van der Waals surface area contributed by atoms with E-state index in [-0.39, 0.29) is 0 Å². The number of benzene rings is 7. The Morgan fingerprint density at radius 2 is 0.894 bits per heavy atom. The van der Waals surface area contributed by atoms with Gasteiger partial charge < -0.3 is 4.42 Å². The van der Waals surface area contributed by atoms with Crippen LogP contribution in [0.5, 0.6) is 0 Å². The van der Waals surface area contributed by atoms with Gasteiger partial charge in [-0.3, -0.25) is 0 Å². The lowest BCUT2D eigenvalue weighted by Crippen LogP contribution is -2.00. The number of aromatic nitrogens is 3. The minimum Gasteiger partial charge on any atom is -0.456 e. The largest absolute Gasteiger partial charge is 0.456 e. The molecule has 0 aliphatic rings. The highest BCUT2D eigenvalue weighted by molar-refractivity contribution is 6.12. The summed E-state index contributed by atoms with van der Waals surface area (Å²) < 4.78 is 6.20. The van der Waals surface area contributed by atoms with Crippen LogP contribution in [-0.4, -0.2) is 15.0 Å². The van der Waals surface area contributed by atoms with Crippen LogP contribution in [0.2, 0.25) is 0 Å². The second-order valence-corrected chi connectivity index (χ2v) is 11.7. The first-order valence-electron chi connectivity index (χ1n) is 15.7. The van der Waals surface area contributed by atoms with E-state index in [1.54, 1.807) is 0 Å². The maximum Gasteiger partial charge on any atom is 0.164 e. The van der Waals surface area contributed by atoms with Gasteiger partial charge in [0.15, 0.2) is 17.5 Å². The number of fused-ring (bicyclic) bond motifs is 4. The molecule has 0 N–H and O–H groups in total. The van der Waals surface area contributed by atoms with E-state index in [0.29, 0.717) is 17.5 Å². The first-order chi connectivity index (χ1) is 23.3. The molecule has 2 heterocycles. The van der Waals surface area contributed by atoms with Gasteiger partial charge in [-0.1, -0.05) is 133 Å². The van der Waals surface area contributed by atoms with Crippen molar-refractivity contribution in [1.29, 1.82) is 0 Å². The van der Waals surface area contributed by atoms with Crippen molar-refractivity contribution in [3.8, 4) is 56.4 Å². The molecule has 0 spiro atoms. The Balaban J connectivity index is 1.22. The fourth-order valence-electron chi connectivity index (χ4n) is 6.40. The maximum atomic E-state index is 6.20. The van der Waals surface area contributed by atoms with E-state index in [2.05, 4.69) is 133 Å². The van der Waals surface area contributed by atoms with Crippen molar-refractivity contribution in [2.45, 2.75) is 0 Å². The molecule has 0 aliphatic heterocycles. The van der Waals surface area contributed by atoms with Crippen molar-refractivity contribution in [3.05, 3.63) is 164 Å². The van der Waals surface area contributed by atoms with E-state index in [4.69, 9.17) is 19.4 Å². The summed E-state index contributed by atoms with van der Waals surface area (Å²) in [5.74, 6) is 1.88. The molecule has 0 bridgehead atoms. The Morgan fingerprint density at radius 1 is 0.340 bits per heavy atom. The quantitative estimate of drug-likeness (QED) is 0.197. The Labute approximate surface area is 271 Å². The van der Waals surface area contributed by atoms with Gasteiger partial charge in [-0.25, -0.2) is 15.0 Å². The third-order valence-corrected chi connectivity index (χ3v) is 8.71. The lowest BCUT2D eigenvalue weighted by atomic mass is 9.98. The van der Waals surface area contributed by atoms with Crippen LogP contribution in [0.3, 0.4) is 0 Å². The van der Waals surface area contributed by atoms with Crippen LogP contribution < -0.4 is 0 Å². The zero-order chi connectivity index (χ0) is 31.2. The molecule has 0 unspecified atom stereocenters. The minimum absolute atomic E-state index is 0.620. The highest BCUT2D eigenvalue weighted by atomic mass is 16.3. The van der Waals surface area contributed by atoms with E-state index in [0.717, 1.165) is 66.3 Å². The second-order valence-electron chi connectivity index (χ2n) is 11.7. The number of hydrogen-bond donors (Lipinski definition) is 0. The minimum atomic E-state index is 0.620. The van der Waals surface area contributed by atoms with Gasteiger partial charge in [0.1, 0.15) is 11.2 Å². The predicted octanol–water partition coefficient (Wildman–Crippen LogP) is 11.3. The van der Waals surface area contributed by atoms with Gasteiger partial charge in [0.25, 0.3) is 0 Å². The molecule has 9 rings (SSSR count). The zero-order valence-corrected chi connectivity index (χ0v) is 25.3. The van der Waals surface area contributed by atoms with Gasteiger partial charge in [-0.15, -0.1) is 0 Å². The summed E-state index contributed by atoms with van der Waals surface area (Å²) in [5.41, 5.74) is 8.97. The SMILES string of the molecule is c1ccc(-c2cccc(-c3nc(-c4cccc(-c5cccc6oc7ccccc7c56)c4)nc(-c4ccc5ccccc5c4)n3)c2)cc1. The molecule has 9 aromatic rings. The summed E-state index contributed by atoms with van der Waals surface area (Å²) in [7, 11) is 0. The molecule has 7 aromatic carbocycles. The van der Waals surface area contributed by atoms with Gasteiger partial charge in [0.2, 0.25) is 0 Å².